The summed E-state index contributed by atoms with van der Waals surface area (Å²) < 4.78 is 0. The van der Waals surface area contributed by atoms with E-state index in [0.717, 1.165) is 6.54 Å². The molecule has 0 saturated heterocycles. The molecule has 0 bridgehead atoms. The fourth-order valence-corrected chi connectivity index (χ4v) is 1.09. The lowest BCUT2D eigenvalue weighted by atomic mass is 10.2. The normalized spacial score (nSPS) is 10.2. The van der Waals surface area contributed by atoms with Gasteiger partial charge < -0.3 is 4.90 Å². The van der Waals surface area contributed by atoms with Crippen molar-refractivity contribution in [2.75, 3.05) is 7.05 Å². The molecule has 1 aromatic rings. The lowest BCUT2D eigenvalue weighted by Gasteiger charge is -2.12. The highest BCUT2D eigenvalue weighted by Gasteiger charge is 1.92. The van der Waals surface area contributed by atoms with Gasteiger partial charge in [-0.3, -0.25) is 4.99 Å². The van der Waals surface area contributed by atoms with Gasteiger partial charge in [-0.05, 0) is 12.3 Å². The Morgan fingerprint density at radius 1 is 1.38 bits per heavy atom. The van der Waals surface area contributed by atoms with Crippen LogP contribution in [0.25, 0.3) is 0 Å². The highest BCUT2D eigenvalue weighted by molar-refractivity contribution is 5.25. The molecule has 0 aliphatic rings. The summed E-state index contributed by atoms with van der Waals surface area (Å²) in [6.45, 7) is 4.27. The van der Waals surface area contributed by atoms with Crippen molar-refractivity contribution in [1.82, 2.24) is 4.90 Å². The van der Waals surface area contributed by atoms with Crippen LogP contribution in [0.15, 0.2) is 47.7 Å². The minimum Gasteiger partial charge on any atom is -0.375 e. The van der Waals surface area contributed by atoms with Gasteiger partial charge >= 0.3 is 0 Å². The summed E-state index contributed by atoms with van der Waals surface area (Å²) in [5, 5.41) is 0. The van der Waals surface area contributed by atoms with Crippen molar-refractivity contribution in [3.05, 3.63) is 48.3 Å². The summed E-state index contributed by atoms with van der Waals surface area (Å²) in [7, 11) is 2.01. The van der Waals surface area contributed by atoms with Gasteiger partial charge in [0.05, 0.1) is 0 Å². The first-order valence-corrected chi connectivity index (χ1v) is 4.19. The van der Waals surface area contributed by atoms with Crippen molar-refractivity contribution in [2.24, 2.45) is 4.99 Å². The number of hydrogen-bond acceptors (Lipinski definition) is 2. The first-order valence-electron chi connectivity index (χ1n) is 4.19. The summed E-state index contributed by atoms with van der Waals surface area (Å²) in [4.78, 5) is 5.70. The molecule has 0 atom stereocenters. The molecule has 0 saturated carbocycles. The second kappa shape index (κ2) is 5.14. The van der Waals surface area contributed by atoms with E-state index in [9.17, 15) is 0 Å². The van der Waals surface area contributed by atoms with E-state index < -0.39 is 0 Å². The maximum absolute atomic E-state index is 3.65. The Kier molecular flexibility index (Phi) is 3.76. The number of aliphatic imine (C=N–C) groups is 1. The van der Waals surface area contributed by atoms with Gasteiger partial charge in [0.2, 0.25) is 0 Å². The SMILES string of the molecule is C=N/C=C\N(C)Cc1ccccc1. The smallest absolute Gasteiger partial charge is 0.0421 e. The van der Waals surface area contributed by atoms with E-state index in [-0.39, 0.29) is 0 Å². The summed E-state index contributed by atoms with van der Waals surface area (Å²) in [5.74, 6) is 0. The van der Waals surface area contributed by atoms with Crippen LogP contribution in [0, 0.1) is 0 Å². The topological polar surface area (TPSA) is 15.6 Å². The van der Waals surface area contributed by atoms with Crippen LogP contribution in [0.1, 0.15) is 5.56 Å². The Morgan fingerprint density at radius 2 is 2.08 bits per heavy atom. The molecule has 0 amide bonds. The van der Waals surface area contributed by atoms with Crippen LogP contribution in [-0.2, 0) is 6.54 Å². The Labute approximate surface area is 79.2 Å². The van der Waals surface area contributed by atoms with Crippen LogP contribution in [0.3, 0.4) is 0 Å². The summed E-state index contributed by atoms with van der Waals surface area (Å²) in [6.07, 6.45) is 3.59. The zero-order valence-corrected chi connectivity index (χ0v) is 7.85. The van der Waals surface area contributed by atoms with E-state index in [1.807, 2.05) is 31.4 Å². The van der Waals surface area contributed by atoms with Crippen LogP contribution in [0.5, 0.6) is 0 Å². The minimum atomic E-state index is 0.896. The molecule has 2 nitrogen and oxygen atoms in total. The van der Waals surface area contributed by atoms with Gasteiger partial charge in [-0.1, -0.05) is 30.3 Å². The number of nitrogens with zero attached hydrogens (tertiary/aromatic N) is 2. The molecule has 13 heavy (non-hydrogen) atoms. The highest BCUT2D eigenvalue weighted by Crippen LogP contribution is 2.02. The molecule has 68 valence electrons. The molecule has 0 aliphatic heterocycles. The molecule has 0 radical (unpaired) electrons. The molecule has 2 heteroatoms. The van der Waals surface area contributed by atoms with Crippen molar-refractivity contribution in [1.29, 1.82) is 0 Å². The van der Waals surface area contributed by atoms with E-state index in [2.05, 4.69) is 28.7 Å². The zero-order valence-electron chi connectivity index (χ0n) is 7.85. The Balaban J connectivity index is 2.50. The van der Waals surface area contributed by atoms with Gasteiger partial charge in [0.25, 0.3) is 0 Å². The maximum Gasteiger partial charge on any atom is 0.0421 e. The maximum atomic E-state index is 3.65. The fourth-order valence-electron chi connectivity index (χ4n) is 1.09. The van der Waals surface area contributed by atoms with E-state index in [1.54, 1.807) is 6.20 Å². The summed E-state index contributed by atoms with van der Waals surface area (Å²) in [5.41, 5.74) is 1.29. The third kappa shape index (κ3) is 3.56. The monoisotopic (exact) mass is 174 g/mol. The predicted molar refractivity (Wildman–Crippen MR) is 56.6 cm³/mol. The van der Waals surface area contributed by atoms with Crippen LogP contribution in [-0.4, -0.2) is 18.7 Å². The molecule has 0 aromatic heterocycles. The Morgan fingerprint density at radius 3 is 2.69 bits per heavy atom. The van der Waals surface area contributed by atoms with Gasteiger partial charge in [-0.15, -0.1) is 0 Å². The molecule has 0 fully saturated rings. The van der Waals surface area contributed by atoms with Crippen molar-refractivity contribution in [3.63, 3.8) is 0 Å². The fraction of sp³-hybridized carbons (Fsp3) is 0.182. The molecular formula is C11H14N2. The largest absolute Gasteiger partial charge is 0.375 e. The first-order chi connectivity index (χ1) is 6.33. The second-order valence-corrected chi connectivity index (χ2v) is 2.88. The number of hydrogen-bond donors (Lipinski definition) is 0. The van der Waals surface area contributed by atoms with Crippen molar-refractivity contribution < 1.29 is 0 Å². The van der Waals surface area contributed by atoms with Gasteiger partial charge in [0.15, 0.2) is 0 Å². The standard InChI is InChI=1S/C11H14N2/c1-12-8-9-13(2)10-11-6-4-3-5-7-11/h3-9H,1,10H2,2H3/b9-8-. The lowest BCUT2D eigenvalue weighted by Crippen LogP contribution is -2.09. The summed E-state index contributed by atoms with van der Waals surface area (Å²) in [6, 6.07) is 10.3. The lowest BCUT2D eigenvalue weighted by molar-refractivity contribution is 0.450. The molecule has 0 heterocycles. The molecule has 0 aliphatic carbocycles. The van der Waals surface area contributed by atoms with Gasteiger partial charge in [0.1, 0.15) is 0 Å². The predicted octanol–water partition coefficient (Wildman–Crippen LogP) is 2.29. The molecule has 0 N–H and O–H groups in total. The third-order valence-electron chi connectivity index (χ3n) is 1.70. The Hall–Kier alpha value is -1.57. The molecule has 0 spiro atoms. The van der Waals surface area contributed by atoms with Crippen LogP contribution >= 0.6 is 0 Å². The van der Waals surface area contributed by atoms with Gasteiger partial charge in [-0.2, -0.15) is 0 Å². The average molecular weight is 174 g/mol. The molecule has 1 aromatic carbocycles. The summed E-state index contributed by atoms with van der Waals surface area (Å²) >= 11 is 0. The first kappa shape index (κ1) is 9.52. The highest BCUT2D eigenvalue weighted by atomic mass is 15.1. The number of rotatable bonds is 4. The van der Waals surface area contributed by atoms with Crippen LogP contribution in [0.4, 0.5) is 0 Å². The van der Waals surface area contributed by atoms with Crippen molar-refractivity contribution in [3.8, 4) is 0 Å². The number of benzene rings is 1. The minimum absolute atomic E-state index is 0.896. The van der Waals surface area contributed by atoms with E-state index in [0.29, 0.717) is 0 Å². The van der Waals surface area contributed by atoms with E-state index in [1.165, 1.54) is 5.56 Å². The van der Waals surface area contributed by atoms with Crippen molar-refractivity contribution in [2.45, 2.75) is 6.54 Å². The van der Waals surface area contributed by atoms with E-state index in [4.69, 9.17) is 0 Å². The van der Waals surface area contributed by atoms with Gasteiger partial charge in [-0.25, -0.2) is 0 Å². The second-order valence-electron chi connectivity index (χ2n) is 2.88. The Bertz CT molecular complexity index is 277. The zero-order chi connectivity index (χ0) is 9.52. The van der Waals surface area contributed by atoms with Crippen LogP contribution in [0.2, 0.25) is 0 Å². The van der Waals surface area contributed by atoms with Gasteiger partial charge in [0, 0.05) is 26.0 Å². The third-order valence-corrected chi connectivity index (χ3v) is 1.70. The molecule has 1 rings (SSSR count). The quantitative estimate of drug-likeness (QED) is 0.639. The van der Waals surface area contributed by atoms with Crippen LogP contribution < -0.4 is 0 Å². The molecular weight excluding hydrogens is 160 g/mol. The van der Waals surface area contributed by atoms with E-state index >= 15 is 0 Å². The molecule has 0 unspecified atom stereocenters. The average Bonchev–Trinajstić information content (AvgIpc) is 2.16. The van der Waals surface area contributed by atoms with Crippen molar-refractivity contribution >= 4 is 6.72 Å².